The summed E-state index contributed by atoms with van der Waals surface area (Å²) in [5, 5.41) is 0. The van der Waals surface area contributed by atoms with Gasteiger partial charge >= 0.3 is 6.18 Å². The molecule has 1 aromatic heterocycles. The number of carbonyl (C=O) groups is 1. The number of piperidine rings is 1. The zero-order valence-electron chi connectivity index (χ0n) is 16.6. The van der Waals surface area contributed by atoms with Gasteiger partial charge in [-0.3, -0.25) is 9.59 Å². The van der Waals surface area contributed by atoms with Gasteiger partial charge in [0.25, 0.3) is 5.56 Å². The molecule has 5 nitrogen and oxygen atoms in total. The molecule has 160 valence electrons. The molecule has 0 radical (unpaired) electrons. The number of rotatable bonds is 4. The monoisotopic (exact) mass is 420 g/mol. The van der Waals surface area contributed by atoms with Crippen molar-refractivity contribution < 1.29 is 22.7 Å². The zero-order valence-corrected chi connectivity index (χ0v) is 16.6. The summed E-state index contributed by atoms with van der Waals surface area (Å²) in [6.07, 6.45) is -4.70. The van der Waals surface area contributed by atoms with Gasteiger partial charge in [-0.05, 0) is 42.5 Å². The molecule has 1 saturated heterocycles. The Morgan fingerprint density at radius 3 is 2.67 bits per heavy atom. The van der Waals surface area contributed by atoms with Crippen molar-refractivity contribution in [1.82, 2.24) is 9.47 Å². The Kier molecular flexibility index (Phi) is 5.34. The van der Waals surface area contributed by atoms with E-state index in [4.69, 9.17) is 4.74 Å². The molecule has 30 heavy (non-hydrogen) atoms. The van der Waals surface area contributed by atoms with Gasteiger partial charge in [-0.25, -0.2) is 0 Å². The molecule has 2 aromatic rings. The molecular formula is C22H23F3N2O3. The second kappa shape index (κ2) is 7.81. The summed E-state index contributed by atoms with van der Waals surface area (Å²) in [6.45, 7) is 0.432. The highest BCUT2D eigenvalue weighted by atomic mass is 19.4. The van der Waals surface area contributed by atoms with Crippen LogP contribution in [0.4, 0.5) is 13.2 Å². The Labute approximate surface area is 172 Å². The van der Waals surface area contributed by atoms with Gasteiger partial charge in [-0.1, -0.05) is 18.2 Å². The highest BCUT2D eigenvalue weighted by molar-refractivity contribution is 5.77. The number of methoxy groups -OCH3 is 1. The van der Waals surface area contributed by atoms with Crippen molar-refractivity contribution in [1.29, 1.82) is 0 Å². The lowest BCUT2D eigenvalue weighted by atomic mass is 9.76. The van der Waals surface area contributed by atoms with Crippen LogP contribution in [0.5, 0.6) is 5.75 Å². The first kappa shape index (κ1) is 20.5. The van der Waals surface area contributed by atoms with Crippen LogP contribution in [-0.2, 0) is 11.2 Å². The van der Waals surface area contributed by atoms with E-state index in [1.54, 1.807) is 17.7 Å². The van der Waals surface area contributed by atoms with E-state index in [1.807, 2.05) is 30.3 Å². The number of halogens is 3. The van der Waals surface area contributed by atoms with Crippen molar-refractivity contribution in [3.05, 3.63) is 64.1 Å². The molecule has 4 rings (SSSR count). The van der Waals surface area contributed by atoms with Crippen molar-refractivity contribution in [2.24, 2.45) is 5.92 Å². The Morgan fingerprint density at radius 1 is 1.17 bits per heavy atom. The van der Waals surface area contributed by atoms with Crippen LogP contribution in [0.3, 0.4) is 0 Å². The lowest BCUT2D eigenvalue weighted by Crippen LogP contribution is -2.52. The SMILES string of the molecule is COc1cccc(C[C@H]2[C@H]3C[C@H](CN(C(=O)CC(F)(F)F)C3)c3cccc(=O)n32)c1. The van der Waals surface area contributed by atoms with Crippen molar-refractivity contribution in [3.63, 3.8) is 0 Å². The summed E-state index contributed by atoms with van der Waals surface area (Å²) in [7, 11) is 1.58. The van der Waals surface area contributed by atoms with E-state index < -0.39 is 18.5 Å². The molecule has 0 saturated carbocycles. The average molecular weight is 420 g/mol. The predicted octanol–water partition coefficient (Wildman–Crippen LogP) is 3.54. The quantitative estimate of drug-likeness (QED) is 0.760. The lowest BCUT2D eigenvalue weighted by molar-refractivity contribution is -0.163. The zero-order chi connectivity index (χ0) is 21.5. The molecule has 1 fully saturated rings. The fourth-order valence-electron chi connectivity index (χ4n) is 4.83. The minimum atomic E-state index is -4.53. The van der Waals surface area contributed by atoms with Crippen LogP contribution in [0.2, 0.25) is 0 Å². The van der Waals surface area contributed by atoms with E-state index in [-0.39, 0.29) is 36.5 Å². The number of nitrogens with zero attached hydrogens (tertiary/aromatic N) is 2. The van der Waals surface area contributed by atoms with E-state index in [0.29, 0.717) is 12.2 Å². The highest BCUT2D eigenvalue weighted by Gasteiger charge is 2.43. The smallest absolute Gasteiger partial charge is 0.397 e. The number of amides is 1. The molecule has 2 aliphatic heterocycles. The highest BCUT2D eigenvalue weighted by Crippen LogP contribution is 2.43. The first-order valence-electron chi connectivity index (χ1n) is 9.94. The summed E-state index contributed by atoms with van der Waals surface area (Å²) in [4.78, 5) is 26.3. The minimum absolute atomic E-state index is 0.0975. The largest absolute Gasteiger partial charge is 0.497 e. The van der Waals surface area contributed by atoms with E-state index in [1.165, 1.54) is 11.0 Å². The van der Waals surface area contributed by atoms with Crippen molar-refractivity contribution >= 4 is 5.91 Å². The van der Waals surface area contributed by atoms with Gasteiger partial charge in [0.1, 0.15) is 12.2 Å². The van der Waals surface area contributed by atoms with E-state index in [9.17, 15) is 22.8 Å². The minimum Gasteiger partial charge on any atom is -0.497 e. The first-order valence-corrected chi connectivity index (χ1v) is 9.94. The number of ether oxygens (including phenoxy) is 1. The molecule has 3 heterocycles. The van der Waals surface area contributed by atoms with Gasteiger partial charge in [0, 0.05) is 36.8 Å². The van der Waals surface area contributed by atoms with Gasteiger partial charge in [0.15, 0.2) is 0 Å². The topological polar surface area (TPSA) is 51.5 Å². The van der Waals surface area contributed by atoms with Crippen LogP contribution in [0.15, 0.2) is 47.3 Å². The van der Waals surface area contributed by atoms with Gasteiger partial charge < -0.3 is 14.2 Å². The molecule has 1 aromatic carbocycles. The van der Waals surface area contributed by atoms with Crippen molar-refractivity contribution in [2.45, 2.75) is 37.4 Å². The fraction of sp³-hybridized carbons (Fsp3) is 0.455. The molecule has 2 bridgehead atoms. The second-order valence-electron chi connectivity index (χ2n) is 8.07. The summed E-state index contributed by atoms with van der Waals surface area (Å²) in [6, 6.07) is 12.3. The molecule has 8 heteroatoms. The van der Waals surface area contributed by atoms with E-state index in [2.05, 4.69) is 0 Å². The number of alkyl halides is 3. The second-order valence-corrected chi connectivity index (χ2v) is 8.07. The maximum absolute atomic E-state index is 12.8. The third kappa shape index (κ3) is 4.08. The number of hydrogen-bond acceptors (Lipinski definition) is 3. The van der Waals surface area contributed by atoms with E-state index >= 15 is 0 Å². The van der Waals surface area contributed by atoms with Crippen LogP contribution in [-0.4, -0.2) is 41.7 Å². The molecule has 0 aliphatic carbocycles. The lowest BCUT2D eigenvalue weighted by Gasteiger charge is -2.47. The third-order valence-electron chi connectivity index (χ3n) is 6.08. The van der Waals surface area contributed by atoms with Crippen LogP contribution in [0.1, 0.15) is 36.1 Å². The van der Waals surface area contributed by atoms with Gasteiger partial charge in [-0.2, -0.15) is 13.2 Å². The number of aromatic nitrogens is 1. The Bertz CT molecular complexity index is 1000. The standard InChI is InChI=1S/C22H23F3N2O3/c1-30-17-5-2-4-14(8-17)9-19-16-10-15(18-6-3-7-20(28)27(18)19)12-26(13-16)21(29)11-22(23,24)25/h2-8,15-16,19H,9-13H2,1H3/t15-,16+,19+/m1/s1. The van der Waals surface area contributed by atoms with Crippen LogP contribution in [0, 0.1) is 5.92 Å². The third-order valence-corrected chi connectivity index (χ3v) is 6.08. The Hall–Kier alpha value is -2.77. The number of hydrogen-bond donors (Lipinski definition) is 0. The molecular weight excluding hydrogens is 397 g/mol. The van der Waals surface area contributed by atoms with Crippen LogP contribution >= 0.6 is 0 Å². The number of carbonyl (C=O) groups excluding carboxylic acids is 1. The number of benzene rings is 1. The number of pyridine rings is 1. The number of fused-ring (bicyclic) bond motifs is 4. The van der Waals surface area contributed by atoms with Gasteiger partial charge in [-0.15, -0.1) is 0 Å². The number of likely N-dealkylation sites (tertiary alicyclic amines) is 1. The molecule has 3 atom stereocenters. The normalized spacial score (nSPS) is 23.1. The van der Waals surface area contributed by atoms with Gasteiger partial charge in [0.2, 0.25) is 5.91 Å². The molecule has 0 unspecified atom stereocenters. The predicted molar refractivity (Wildman–Crippen MR) is 105 cm³/mol. The van der Waals surface area contributed by atoms with Crippen LogP contribution in [0.25, 0.3) is 0 Å². The molecule has 2 aliphatic rings. The molecule has 0 spiro atoms. The summed E-state index contributed by atoms with van der Waals surface area (Å²) < 4.78 is 45.4. The summed E-state index contributed by atoms with van der Waals surface area (Å²) in [5.41, 5.74) is 1.64. The van der Waals surface area contributed by atoms with Crippen molar-refractivity contribution in [2.75, 3.05) is 20.2 Å². The first-order chi connectivity index (χ1) is 14.2. The summed E-state index contributed by atoms with van der Waals surface area (Å²) in [5.74, 6) is -0.437. The fourth-order valence-corrected chi connectivity index (χ4v) is 4.83. The summed E-state index contributed by atoms with van der Waals surface area (Å²) >= 11 is 0. The van der Waals surface area contributed by atoms with Crippen molar-refractivity contribution in [3.8, 4) is 5.75 Å². The molecule has 0 N–H and O–H groups in total. The average Bonchev–Trinajstić information content (AvgIpc) is 2.70. The molecule has 1 amide bonds. The Balaban J connectivity index is 1.68. The Morgan fingerprint density at radius 2 is 1.93 bits per heavy atom. The van der Waals surface area contributed by atoms with Crippen LogP contribution < -0.4 is 10.3 Å². The maximum Gasteiger partial charge on any atom is 0.397 e. The van der Waals surface area contributed by atoms with E-state index in [0.717, 1.165) is 17.7 Å². The maximum atomic E-state index is 12.8. The van der Waals surface area contributed by atoms with Gasteiger partial charge in [0.05, 0.1) is 7.11 Å².